The monoisotopic (exact) mass is 330 g/mol. The van der Waals surface area contributed by atoms with E-state index in [1.807, 2.05) is 12.1 Å². The molecule has 1 saturated heterocycles. The summed E-state index contributed by atoms with van der Waals surface area (Å²) < 4.78 is 0. The Morgan fingerprint density at radius 3 is 2.42 bits per heavy atom. The lowest BCUT2D eigenvalue weighted by Gasteiger charge is -2.30. The molecule has 0 bridgehead atoms. The number of piperidine rings is 1. The minimum Gasteiger partial charge on any atom is -0.481 e. The average Bonchev–Trinajstić information content (AvgIpc) is 3.41. The minimum atomic E-state index is -0.830. The van der Waals surface area contributed by atoms with E-state index in [2.05, 4.69) is 5.32 Å². The summed E-state index contributed by atoms with van der Waals surface area (Å²) >= 11 is 0. The predicted octanol–water partition coefficient (Wildman–Crippen LogP) is 1.90. The molecule has 0 aromatic heterocycles. The van der Waals surface area contributed by atoms with E-state index in [-0.39, 0.29) is 24.2 Å². The number of rotatable bonds is 5. The Morgan fingerprint density at radius 1 is 1.08 bits per heavy atom. The van der Waals surface area contributed by atoms with Crippen molar-refractivity contribution in [3.05, 3.63) is 29.8 Å². The van der Waals surface area contributed by atoms with Crippen LogP contribution in [0.5, 0.6) is 0 Å². The number of carboxylic acid groups (broad SMARTS) is 1. The van der Waals surface area contributed by atoms with E-state index in [4.69, 9.17) is 5.11 Å². The molecule has 2 N–H and O–H groups in total. The Kier molecular flexibility index (Phi) is 4.83. The zero-order valence-electron chi connectivity index (χ0n) is 13.5. The van der Waals surface area contributed by atoms with Crippen molar-refractivity contribution in [2.45, 2.75) is 32.1 Å². The highest BCUT2D eigenvalue weighted by Gasteiger charge is 2.30. The molecule has 6 heteroatoms. The lowest BCUT2D eigenvalue weighted by molar-refractivity contribution is -0.145. The van der Waals surface area contributed by atoms with Gasteiger partial charge in [0, 0.05) is 24.7 Å². The lowest BCUT2D eigenvalue weighted by atomic mass is 9.97. The van der Waals surface area contributed by atoms with E-state index in [0.29, 0.717) is 19.5 Å². The summed E-state index contributed by atoms with van der Waals surface area (Å²) in [5, 5.41) is 12.0. The summed E-state index contributed by atoms with van der Waals surface area (Å²) in [5.74, 6) is -1.11. The third-order valence-electron chi connectivity index (χ3n) is 4.65. The van der Waals surface area contributed by atoms with Crippen LogP contribution >= 0.6 is 0 Å². The van der Waals surface area contributed by atoms with Gasteiger partial charge in [0.2, 0.25) is 11.8 Å². The maximum absolute atomic E-state index is 12.4. The number of carbonyl (C=O) groups is 3. The second-order valence-electron chi connectivity index (χ2n) is 6.65. The number of benzene rings is 1. The van der Waals surface area contributed by atoms with Gasteiger partial charge in [0.25, 0.3) is 0 Å². The number of nitrogens with zero attached hydrogens (tertiary/aromatic N) is 1. The van der Waals surface area contributed by atoms with Crippen molar-refractivity contribution in [2.24, 2.45) is 11.8 Å². The fraction of sp³-hybridized carbons (Fsp3) is 0.500. The highest BCUT2D eigenvalue weighted by Crippen LogP contribution is 2.30. The Labute approximate surface area is 140 Å². The molecule has 128 valence electrons. The third-order valence-corrected chi connectivity index (χ3v) is 4.65. The summed E-state index contributed by atoms with van der Waals surface area (Å²) in [6.07, 6.45) is 3.55. The maximum atomic E-state index is 12.4. The van der Waals surface area contributed by atoms with Crippen LogP contribution < -0.4 is 5.32 Å². The number of hydrogen-bond acceptors (Lipinski definition) is 3. The minimum absolute atomic E-state index is 0.0456. The Bertz CT molecular complexity index is 637. The molecule has 1 aromatic carbocycles. The van der Waals surface area contributed by atoms with Crippen LogP contribution in [0, 0.1) is 11.8 Å². The lowest BCUT2D eigenvalue weighted by Crippen LogP contribution is -2.42. The first kappa shape index (κ1) is 16.5. The molecule has 2 fully saturated rings. The number of amides is 2. The molecule has 2 aliphatic rings. The number of carboxylic acids is 1. The molecular formula is C18H22N2O4. The molecule has 1 atom stereocenters. The van der Waals surface area contributed by atoms with Crippen LogP contribution in [0.4, 0.5) is 5.69 Å². The van der Waals surface area contributed by atoms with Gasteiger partial charge in [0.1, 0.15) is 0 Å². The third kappa shape index (κ3) is 4.13. The van der Waals surface area contributed by atoms with Gasteiger partial charge in [-0.25, -0.2) is 0 Å². The van der Waals surface area contributed by atoms with Crippen molar-refractivity contribution in [1.82, 2.24) is 4.90 Å². The highest BCUT2D eigenvalue weighted by atomic mass is 16.4. The normalized spacial score (nSPS) is 20.5. The van der Waals surface area contributed by atoms with Gasteiger partial charge in [-0.05, 0) is 43.4 Å². The number of anilines is 1. The summed E-state index contributed by atoms with van der Waals surface area (Å²) in [5.41, 5.74) is 1.61. The summed E-state index contributed by atoms with van der Waals surface area (Å²) in [6.45, 7) is 0.918. The van der Waals surface area contributed by atoms with Crippen LogP contribution in [-0.4, -0.2) is 40.9 Å². The van der Waals surface area contributed by atoms with E-state index in [0.717, 1.165) is 30.5 Å². The molecule has 3 rings (SSSR count). The van der Waals surface area contributed by atoms with Gasteiger partial charge in [0.15, 0.2) is 0 Å². The van der Waals surface area contributed by atoms with Crippen LogP contribution in [0.1, 0.15) is 31.2 Å². The van der Waals surface area contributed by atoms with Crippen LogP contribution in [0.25, 0.3) is 0 Å². The summed E-state index contributed by atoms with van der Waals surface area (Å²) in [4.78, 5) is 36.8. The molecule has 24 heavy (non-hydrogen) atoms. The molecule has 0 radical (unpaired) electrons. The number of nitrogens with one attached hydrogen (secondary N) is 1. The number of carbonyl (C=O) groups excluding carboxylic acids is 2. The van der Waals surface area contributed by atoms with E-state index >= 15 is 0 Å². The average molecular weight is 330 g/mol. The number of aliphatic carboxylic acids is 1. The zero-order chi connectivity index (χ0) is 17.1. The summed E-state index contributed by atoms with van der Waals surface area (Å²) in [6, 6.07) is 7.27. The fourth-order valence-corrected chi connectivity index (χ4v) is 2.99. The molecule has 2 amide bonds. The molecule has 1 aliphatic heterocycles. The van der Waals surface area contributed by atoms with E-state index in [9.17, 15) is 14.4 Å². The first-order chi connectivity index (χ1) is 11.5. The number of hydrogen-bond donors (Lipinski definition) is 2. The van der Waals surface area contributed by atoms with Crippen molar-refractivity contribution in [3.8, 4) is 0 Å². The smallest absolute Gasteiger partial charge is 0.308 e. The highest BCUT2D eigenvalue weighted by molar-refractivity contribution is 5.94. The SMILES string of the molecule is O=C(Nc1ccc(CC(=O)N2CCC[C@H](C(=O)O)C2)cc1)C1CC1. The van der Waals surface area contributed by atoms with E-state index in [1.165, 1.54) is 0 Å². The van der Waals surface area contributed by atoms with Crippen molar-refractivity contribution in [3.63, 3.8) is 0 Å². The number of likely N-dealkylation sites (tertiary alicyclic amines) is 1. The molecule has 1 aliphatic carbocycles. The molecule has 1 aromatic rings. The topological polar surface area (TPSA) is 86.7 Å². The van der Waals surface area contributed by atoms with Crippen molar-refractivity contribution < 1.29 is 19.5 Å². The van der Waals surface area contributed by atoms with Gasteiger partial charge < -0.3 is 15.3 Å². The van der Waals surface area contributed by atoms with Gasteiger partial charge in [-0.2, -0.15) is 0 Å². The van der Waals surface area contributed by atoms with Crippen molar-refractivity contribution in [2.75, 3.05) is 18.4 Å². The van der Waals surface area contributed by atoms with Gasteiger partial charge in [-0.1, -0.05) is 12.1 Å². The van der Waals surface area contributed by atoms with Gasteiger partial charge in [-0.3, -0.25) is 14.4 Å². The van der Waals surface area contributed by atoms with Gasteiger partial charge in [-0.15, -0.1) is 0 Å². The molecule has 0 spiro atoms. The predicted molar refractivity (Wildman–Crippen MR) is 88.4 cm³/mol. The standard InChI is InChI=1S/C18H22N2O4/c21-16(20-9-1-2-14(11-20)18(23)24)10-12-3-7-15(8-4-12)19-17(22)13-5-6-13/h3-4,7-8,13-14H,1-2,5-6,9-11H2,(H,19,22)(H,23,24)/t14-/m0/s1. The molecule has 6 nitrogen and oxygen atoms in total. The molecule has 1 saturated carbocycles. The molecular weight excluding hydrogens is 308 g/mol. The fourth-order valence-electron chi connectivity index (χ4n) is 2.99. The zero-order valence-corrected chi connectivity index (χ0v) is 13.5. The first-order valence-electron chi connectivity index (χ1n) is 8.43. The van der Waals surface area contributed by atoms with Crippen LogP contribution in [0.15, 0.2) is 24.3 Å². The van der Waals surface area contributed by atoms with E-state index in [1.54, 1.807) is 17.0 Å². The quantitative estimate of drug-likeness (QED) is 0.863. The Morgan fingerprint density at radius 2 is 1.79 bits per heavy atom. The maximum Gasteiger partial charge on any atom is 0.308 e. The molecule has 0 unspecified atom stereocenters. The van der Waals surface area contributed by atoms with Crippen molar-refractivity contribution in [1.29, 1.82) is 0 Å². The van der Waals surface area contributed by atoms with Gasteiger partial charge in [0.05, 0.1) is 12.3 Å². The van der Waals surface area contributed by atoms with Crippen LogP contribution in [0.3, 0.4) is 0 Å². The Hall–Kier alpha value is -2.37. The van der Waals surface area contributed by atoms with Crippen LogP contribution in [-0.2, 0) is 20.8 Å². The first-order valence-corrected chi connectivity index (χ1v) is 8.43. The van der Waals surface area contributed by atoms with Crippen LogP contribution in [0.2, 0.25) is 0 Å². The largest absolute Gasteiger partial charge is 0.481 e. The summed E-state index contributed by atoms with van der Waals surface area (Å²) in [7, 11) is 0. The second-order valence-corrected chi connectivity index (χ2v) is 6.65. The Balaban J connectivity index is 1.54. The van der Waals surface area contributed by atoms with Crippen molar-refractivity contribution >= 4 is 23.5 Å². The molecule has 1 heterocycles. The second kappa shape index (κ2) is 7.03. The van der Waals surface area contributed by atoms with Gasteiger partial charge >= 0.3 is 5.97 Å². The van der Waals surface area contributed by atoms with E-state index < -0.39 is 11.9 Å².